The fraction of sp³-hybridized carbons (Fsp3) is 0.348. The maximum atomic E-state index is 5.99. The van der Waals surface area contributed by atoms with Gasteiger partial charge in [0.1, 0.15) is 22.5 Å². The van der Waals surface area contributed by atoms with Gasteiger partial charge in [-0.05, 0) is 70.5 Å². The van der Waals surface area contributed by atoms with Gasteiger partial charge in [0.25, 0.3) is 0 Å². The molecule has 0 aliphatic rings. The van der Waals surface area contributed by atoms with Crippen molar-refractivity contribution in [3.05, 3.63) is 109 Å². The van der Waals surface area contributed by atoms with E-state index in [0.29, 0.717) is 0 Å². The Balaban J connectivity index is 1.05. The minimum Gasteiger partial charge on any atom is -0.494 e. The highest BCUT2D eigenvalue weighted by Gasteiger charge is 2.14. The molecule has 0 radical (unpaired) electrons. The molecule has 0 aliphatic carbocycles. The van der Waals surface area contributed by atoms with Gasteiger partial charge in [0.15, 0.2) is 0 Å². The van der Waals surface area contributed by atoms with E-state index in [4.69, 9.17) is 18.2 Å². The summed E-state index contributed by atoms with van der Waals surface area (Å²) in [6.45, 7) is 6.08. The Hall–Kier alpha value is -4.48. The quantitative estimate of drug-likeness (QED) is 0.0745. The molecule has 6 rings (SSSR count). The Bertz CT molecular complexity index is 1760. The van der Waals surface area contributed by atoms with Gasteiger partial charge >= 0.3 is 0 Å². The van der Waals surface area contributed by atoms with Gasteiger partial charge < -0.3 is 9.47 Å². The van der Waals surface area contributed by atoms with Crippen molar-refractivity contribution in [1.29, 1.82) is 0 Å². The highest BCUT2D eigenvalue weighted by molar-refractivity contribution is 7.00. The highest BCUT2D eigenvalue weighted by Crippen LogP contribution is 2.36. The predicted molar refractivity (Wildman–Crippen MR) is 217 cm³/mol. The van der Waals surface area contributed by atoms with Crippen LogP contribution in [0.25, 0.3) is 55.5 Å². The third kappa shape index (κ3) is 10.1. The third-order valence-corrected chi connectivity index (χ3v) is 10.2. The minimum atomic E-state index is 0.786. The van der Waals surface area contributed by atoms with Crippen molar-refractivity contribution in [1.82, 2.24) is 8.75 Å². The van der Waals surface area contributed by atoms with E-state index in [0.717, 1.165) is 70.8 Å². The molecule has 0 saturated carbocycles. The van der Waals surface area contributed by atoms with E-state index < -0.39 is 0 Å². The van der Waals surface area contributed by atoms with Crippen LogP contribution in [0.1, 0.15) is 90.9 Å². The van der Waals surface area contributed by atoms with Crippen molar-refractivity contribution in [2.75, 3.05) is 13.2 Å². The van der Waals surface area contributed by atoms with Crippen LogP contribution in [-0.4, -0.2) is 22.0 Å². The molecule has 0 aliphatic heterocycles. The number of ether oxygens (including phenoxy) is 2. The maximum Gasteiger partial charge on any atom is 0.119 e. The maximum absolute atomic E-state index is 5.99. The normalized spacial score (nSPS) is 11.3. The summed E-state index contributed by atoms with van der Waals surface area (Å²) in [5.41, 5.74) is 11.1. The van der Waals surface area contributed by atoms with Gasteiger partial charge in [-0.1, -0.05) is 163 Å². The zero-order valence-corrected chi connectivity index (χ0v) is 31.2. The van der Waals surface area contributed by atoms with Crippen LogP contribution < -0.4 is 9.47 Å². The van der Waals surface area contributed by atoms with Crippen LogP contribution >= 0.6 is 11.7 Å². The standard InChI is InChI=1S/C46H52N2O2S/c1-3-5-7-9-11-13-33-49-41-27-23-37(24-28-41)35-15-19-39(20-16-35)43-31-32-44(46-45(43)47-51-48-46)40-21-17-36(18-22-40)38-25-29-42(30-26-38)50-34-14-12-10-8-6-4-2/h15-32H,3-14,33-34H2,1-2H3. The predicted octanol–water partition coefficient (Wildman–Crippen LogP) is 13.8. The van der Waals surface area contributed by atoms with Crippen LogP contribution in [0.15, 0.2) is 109 Å². The summed E-state index contributed by atoms with van der Waals surface area (Å²) in [5, 5.41) is 0. The van der Waals surface area contributed by atoms with E-state index >= 15 is 0 Å². The van der Waals surface area contributed by atoms with Gasteiger partial charge in [-0.2, -0.15) is 8.75 Å². The van der Waals surface area contributed by atoms with Gasteiger partial charge in [-0.25, -0.2) is 0 Å². The molecule has 0 unspecified atom stereocenters. The van der Waals surface area contributed by atoms with Crippen molar-refractivity contribution >= 4 is 22.8 Å². The van der Waals surface area contributed by atoms with Crippen molar-refractivity contribution in [3.8, 4) is 56.0 Å². The lowest BCUT2D eigenvalue weighted by Gasteiger charge is -2.10. The lowest BCUT2D eigenvalue weighted by atomic mass is 9.95. The van der Waals surface area contributed by atoms with Gasteiger partial charge in [0, 0.05) is 11.1 Å². The summed E-state index contributed by atoms with van der Waals surface area (Å²) < 4.78 is 21.5. The number of aromatic nitrogens is 2. The van der Waals surface area contributed by atoms with Gasteiger partial charge in [0.05, 0.1) is 24.9 Å². The number of benzene rings is 5. The Morgan fingerprint density at radius 2 is 0.686 bits per heavy atom. The highest BCUT2D eigenvalue weighted by atomic mass is 32.1. The summed E-state index contributed by atoms with van der Waals surface area (Å²) >= 11 is 1.27. The molecule has 6 aromatic rings. The van der Waals surface area contributed by atoms with Crippen LogP contribution in [-0.2, 0) is 0 Å². The van der Waals surface area contributed by atoms with Crippen LogP contribution in [0.2, 0.25) is 0 Å². The fourth-order valence-corrected chi connectivity index (χ4v) is 7.22. The molecule has 0 bridgehead atoms. The average Bonchev–Trinajstić information content (AvgIpc) is 3.68. The second kappa shape index (κ2) is 19.2. The summed E-state index contributed by atoms with van der Waals surface area (Å²) in [6.07, 6.45) is 15.3. The van der Waals surface area contributed by atoms with Crippen molar-refractivity contribution in [2.45, 2.75) is 90.9 Å². The summed E-state index contributed by atoms with van der Waals surface area (Å²) in [5.74, 6) is 1.88. The average molecular weight is 697 g/mol. The monoisotopic (exact) mass is 696 g/mol. The zero-order chi connectivity index (χ0) is 35.1. The Labute approximate surface area is 309 Å². The number of nitrogens with zero attached hydrogens (tertiary/aromatic N) is 2. The van der Waals surface area contributed by atoms with Crippen molar-refractivity contribution in [3.63, 3.8) is 0 Å². The second-order valence-electron chi connectivity index (χ2n) is 13.6. The molecule has 1 aromatic heterocycles. The number of hydrogen-bond donors (Lipinski definition) is 0. The van der Waals surface area contributed by atoms with E-state index in [9.17, 15) is 0 Å². The van der Waals surface area contributed by atoms with Gasteiger partial charge in [-0.3, -0.25) is 0 Å². The van der Waals surface area contributed by atoms with Crippen molar-refractivity contribution in [2.24, 2.45) is 0 Å². The molecular formula is C46H52N2O2S. The van der Waals surface area contributed by atoms with Gasteiger partial charge in [0.2, 0.25) is 0 Å². The second-order valence-corrected chi connectivity index (χ2v) is 14.1. The van der Waals surface area contributed by atoms with Crippen LogP contribution in [0.3, 0.4) is 0 Å². The van der Waals surface area contributed by atoms with Gasteiger partial charge in [-0.15, -0.1) is 0 Å². The molecule has 51 heavy (non-hydrogen) atoms. The SMILES string of the molecule is CCCCCCCCOc1ccc(-c2ccc(-c3ccc(-c4ccc(-c5ccc(OCCCCCCCC)cc5)cc4)c4nsnc34)cc2)cc1. The van der Waals surface area contributed by atoms with E-state index in [1.807, 2.05) is 0 Å². The first-order chi connectivity index (χ1) is 25.2. The number of fused-ring (bicyclic) bond motifs is 1. The summed E-state index contributed by atoms with van der Waals surface area (Å²) in [6, 6.07) is 38.8. The largest absolute Gasteiger partial charge is 0.494 e. The Morgan fingerprint density at radius 1 is 0.373 bits per heavy atom. The first-order valence-corrected chi connectivity index (χ1v) is 19.9. The number of rotatable bonds is 20. The van der Waals surface area contributed by atoms with Crippen LogP contribution in [0, 0.1) is 0 Å². The van der Waals surface area contributed by atoms with E-state index in [2.05, 4.69) is 123 Å². The molecule has 264 valence electrons. The summed E-state index contributed by atoms with van der Waals surface area (Å²) in [4.78, 5) is 0. The van der Waals surface area contributed by atoms with Crippen molar-refractivity contribution < 1.29 is 9.47 Å². The molecule has 5 heteroatoms. The first-order valence-electron chi connectivity index (χ1n) is 19.2. The first kappa shape index (κ1) is 36.3. The summed E-state index contributed by atoms with van der Waals surface area (Å²) in [7, 11) is 0. The molecule has 1 heterocycles. The fourth-order valence-electron chi connectivity index (χ4n) is 6.65. The smallest absolute Gasteiger partial charge is 0.119 e. The lowest BCUT2D eigenvalue weighted by Crippen LogP contribution is -1.97. The minimum absolute atomic E-state index is 0.786. The Kier molecular flexibility index (Phi) is 13.7. The topological polar surface area (TPSA) is 44.2 Å². The molecule has 0 saturated heterocycles. The van der Waals surface area contributed by atoms with E-state index in [1.54, 1.807) is 0 Å². The number of unbranched alkanes of at least 4 members (excludes halogenated alkanes) is 10. The number of hydrogen-bond acceptors (Lipinski definition) is 5. The Morgan fingerprint density at radius 3 is 1.06 bits per heavy atom. The molecule has 0 fully saturated rings. The molecule has 0 spiro atoms. The molecule has 0 atom stereocenters. The molecule has 0 amide bonds. The molecule has 4 nitrogen and oxygen atoms in total. The molecule has 0 N–H and O–H groups in total. The third-order valence-electron chi connectivity index (χ3n) is 9.72. The lowest BCUT2D eigenvalue weighted by molar-refractivity contribution is 0.304. The van der Waals surface area contributed by atoms with E-state index in [-0.39, 0.29) is 0 Å². The molecular weight excluding hydrogens is 645 g/mol. The van der Waals surface area contributed by atoms with Crippen LogP contribution in [0.5, 0.6) is 11.5 Å². The molecule has 5 aromatic carbocycles. The zero-order valence-electron chi connectivity index (χ0n) is 30.4. The van der Waals surface area contributed by atoms with Crippen LogP contribution in [0.4, 0.5) is 0 Å². The van der Waals surface area contributed by atoms with E-state index in [1.165, 1.54) is 98.2 Å².